The Labute approximate surface area is 240 Å². The maximum absolute atomic E-state index is 12.7. The Kier molecular flexibility index (Phi) is 7.58. The number of rotatable bonds is 9. The summed E-state index contributed by atoms with van der Waals surface area (Å²) in [5.41, 5.74) is 3.42. The SMILES string of the molecule is CC(C)(O)CCS(=O)(=O)N1CC=C(c2ccc3nc(OC4CCN(c5ncc(C6CC6)cn5)CC4)sc3c2)CC1. The van der Waals surface area contributed by atoms with Crippen molar-refractivity contribution >= 4 is 43.1 Å². The fourth-order valence-corrected chi connectivity index (χ4v) is 7.87. The highest BCUT2D eigenvalue weighted by molar-refractivity contribution is 7.89. The molecule has 0 radical (unpaired) electrons. The van der Waals surface area contributed by atoms with Crippen molar-refractivity contribution in [2.75, 3.05) is 36.8 Å². The fraction of sp³-hybridized carbons (Fsp3) is 0.552. The Morgan fingerprint density at radius 2 is 1.85 bits per heavy atom. The van der Waals surface area contributed by atoms with Crippen LogP contribution in [0.1, 0.15) is 69.4 Å². The van der Waals surface area contributed by atoms with Crippen molar-refractivity contribution in [2.45, 2.75) is 70.0 Å². The summed E-state index contributed by atoms with van der Waals surface area (Å²) in [6, 6.07) is 6.21. The van der Waals surface area contributed by atoms with Gasteiger partial charge in [0.25, 0.3) is 5.19 Å². The summed E-state index contributed by atoms with van der Waals surface area (Å²) >= 11 is 1.56. The first-order chi connectivity index (χ1) is 19.1. The zero-order valence-corrected chi connectivity index (χ0v) is 24.8. The maximum atomic E-state index is 12.7. The lowest BCUT2D eigenvalue weighted by Crippen LogP contribution is -2.39. The Bertz CT molecular complexity index is 1480. The standard InChI is InChI=1S/C29H37N5O4S2/c1-29(2,35)11-16-40(36,37)34-14-7-21(8-15-34)22-5-6-25-26(17-22)39-28(32-25)38-24-9-12-33(13-10-24)27-30-18-23(19-31-27)20-3-4-20/h5-7,17-20,24,35H,3-4,8-16H2,1-2H3. The van der Waals surface area contributed by atoms with Crippen LogP contribution in [0, 0.1) is 0 Å². The van der Waals surface area contributed by atoms with E-state index in [0.717, 1.165) is 53.2 Å². The van der Waals surface area contributed by atoms with Gasteiger partial charge in [-0.3, -0.25) is 0 Å². The maximum Gasteiger partial charge on any atom is 0.274 e. The largest absolute Gasteiger partial charge is 0.467 e. The Hall–Kier alpha value is -2.60. The summed E-state index contributed by atoms with van der Waals surface area (Å²) in [7, 11) is -3.40. The molecule has 0 spiro atoms. The molecule has 1 aliphatic carbocycles. The van der Waals surface area contributed by atoms with E-state index in [1.807, 2.05) is 24.5 Å². The topological polar surface area (TPSA) is 109 Å². The number of anilines is 1. The van der Waals surface area contributed by atoms with Gasteiger partial charge in [-0.05, 0) is 74.3 Å². The number of benzene rings is 1. The molecule has 1 saturated heterocycles. The molecule has 0 atom stereocenters. The predicted octanol–water partition coefficient (Wildman–Crippen LogP) is 4.59. The Morgan fingerprint density at radius 1 is 1.10 bits per heavy atom. The van der Waals surface area contributed by atoms with Crippen LogP contribution in [0.5, 0.6) is 5.19 Å². The molecular formula is C29H37N5O4S2. The van der Waals surface area contributed by atoms with E-state index >= 15 is 0 Å². The molecule has 2 fully saturated rings. The van der Waals surface area contributed by atoms with Gasteiger partial charge in [0.05, 0.1) is 21.6 Å². The first kappa shape index (κ1) is 27.6. The minimum absolute atomic E-state index is 0.0461. The van der Waals surface area contributed by atoms with E-state index in [2.05, 4.69) is 27.0 Å². The summed E-state index contributed by atoms with van der Waals surface area (Å²) in [4.78, 5) is 16.2. The molecule has 1 N–H and O–H groups in total. The van der Waals surface area contributed by atoms with Crippen molar-refractivity contribution in [3.63, 3.8) is 0 Å². The highest BCUT2D eigenvalue weighted by Gasteiger charge is 2.28. The van der Waals surface area contributed by atoms with Gasteiger partial charge in [0.1, 0.15) is 6.10 Å². The second kappa shape index (κ2) is 11.0. The number of thiazole rings is 1. The predicted molar refractivity (Wildman–Crippen MR) is 158 cm³/mol. The first-order valence-electron chi connectivity index (χ1n) is 14.2. The van der Waals surface area contributed by atoms with Gasteiger partial charge in [-0.1, -0.05) is 23.5 Å². The number of aromatic nitrogens is 3. The molecule has 0 unspecified atom stereocenters. The number of sulfonamides is 1. The average Bonchev–Trinajstić information content (AvgIpc) is 3.72. The van der Waals surface area contributed by atoms with E-state index in [-0.39, 0.29) is 18.3 Å². The smallest absolute Gasteiger partial charge is 0.274 e. The van der Waals surface area contributed by atoms with Gasteiger partial charge < -0.3 is 14.7 Å². The van der Waals surface area contributed by atoms with Gasteiger partial charge in [0, 0.05) is 51.4 Å². The van der Waals surface area contributed by atoms with Crippen molar-refractivity contribution in [3.8, 4) is 5.19 Å². The van der Waals surface area contributed by atoms with Crippen molar-refractivity contribution in [3.05, 3.63) is 47.8 Å². The molecule has 0 bridgehead atoms. The van der Waals surface area contributed by atoms with Gasteiger partial charge in [-0.15, -0.1) is 0 Å². The van der Waals surface area contributed by atoms with Crippen LogP contribution in [0.15, 0.2) is 36.7 Å². The summed E-state index contributed by atoms with van der Waals surface area (Å²) in [5.74, 6) is 1.43. The van der Waals surface area contributed by atoms with Gasteiger partial charge in [0.2, 0.25) is 16.0 Å². The van der Waals surface area contributed by atoms with Crippen LogP contribution in [0.3, 0.4) is 0 Å². The Morgan fingerprint density at radius 3 is 2.50 bits per heavy atom. The van der Waals surface area contributed by atoms with E-state index in [1.54, 1.807) is 25.2 Å². The molecule has 11 heteroatoms. The lowest BCUT2D eigenvalue weighted by molar-refractivity contribution is 0.0769. The molecule has 1 aromatic carbocycles. The van der Waals surface area contributed by atoms with Crippen LogP contribution in [-0.2, 0) is 10.0 Å². The summed E-state index contributed by atoms with van der Waals surface area (Å²) in [6.45, 7) is 5.80. The molecule has 9 nitrogen and oxygen atoms in total. The number of piperidine rings is 1. The zero-order valence-electron chi connectivity index (χ0n) is 23.1. The molecular weight excluding hydrogens is 546 g/mol. The van der Waals surface area contributed by atoms with Gasteiger partial charge in [-0.25, -0.2) is 23.4 Å². The highest BCUT2D eigenvalue weighted by Crippen LogP contribution is 2.39. The molecule has 1 saturated carbocycles. The monoisotopic (exact) mass is 583 g/mol. The third kappa shape index (κ3) is 6.48. The van der Waals surface area contributed by atoms with Gasteiger partial charge in [0.15, 0.2) is 0 Å². The number of aliphatic hydroxyl groups is 1. The molecule has 2 aliphatic heterocycles. The second-order valence-corrected chi connectivity index (χ2v) is 14.9. The third-order valence-corrected chi connectivity index (χ3v) is 10.7. The van der Waals surface area contributed by atoms with Crippen molar-refractivity contribution < 1.29 is 18.3 Å². The van der Waals surface area contributed by atoms with E-state index in [1.165, 1.54) is 22.7 Å². The van der Waals surface area contributed by atoms with Crippen LogP contribution in [0.4, 0.5) is 5.95 Å². The van der Waals surface area contributed by atoms with Crippen LogP contribution in [0.2, 0.25) is 0 Å². The summed E-state index contributed by atoms with van der Waals surface area (Å²) in [5, 5.41) is 10.6. The summed E-state index contributed by atoms with van der Waals surface area (Å²) in [6.07, 6.45) is 11.3. The lowest BCUT2D eigenvalue weighted by atomic mass is 10.0. The molecule has 0 amide bonds. The van der Waals surface area contributed by atoms with Gasteiger partial charge >= 0.3 is 0 Å². The van der Waals surface area contributed by atoms with Crippen LogP contribution in [-0.4, -0.2) is 76.4 Å². The minimum Gasteiger partial charge on any atom is -0.467 e. The molecule has 6 rings (SSSR count). The molecule has 2 aromatic heterocycles. The molecule has 3 aliphatic rings. The first-order valence-corrected chi connectivity index (χ1v) is 16.6. The Balaban J connectivity index is 1.04. The van der Waals surface area contributed by atoms with Crippen LogP contribution >= 0.6 is 11.3 Å². The minimum atomic E-state index is -3.40. The van der Waals surface area contributed by atoms with Gasteiger partial charge in [-0.2, -0.15) is 4.31 Å². The van der Waals surface area contributed by atoms with Crippen LogP contribution in [0.25, 0.3) is 15.8 Å². The third-order valence-electron chi connectivity index (χ3n) is 7.98. The molecule has 3 aromatic rings. The van der Waals surface area contributed by atoms with Crippen molar-refractivity contribution in [2.24, 2.45) is 0 Å². The summed E-state index contributed by atoms with van der Waals surface area (Å²) < 4.78 is 34.3. The van der Waals surface area contributed by atoms with Crippen molar-refractivity contribution in [1.82, 2.24) is 19.3 Å². The number of nitrogens with zero attached hydrogens (tertiary/aromatic N) is 5. The molecule has 40 heavy (non-hydrogen) atoms. The van der Waals surface area contributed by atoms with E-state index in [0.29, 0.717) is 30.6 Å². The normalized spacial score (nSPS) is 19.7. The van der Waals surface area contributed by atoms with Crippen molar-refractivity contribution in [1.29, 1.82) is 0 Å². The lowest BCUT2D eigenvalue weighted by Gasteiger charge is -2.31. The number of fused-ring (bicyclic) bond motifs is 1. The fourth-order valence-electron chi connectivity index (χ4n) is 5.27. The van der Waals surface area contributed by atoms with E-state index < -0.39 is 15.6 Å². The number of hydrogen-bond donors (Lipinski definition) is 1. The molecule has 214 valence electrons. The van der Waals surface area contributed by atoms with E-state index in [4.69, 9.17) is 9.72 Å². The average molecular weight is 584 g/mol. The number of ether oxygens (including phenoxy) is 1. The van der Waals surface area contributed by atoms with E-state index in [9.17, 15) is 13.5 Å². The number of hydrogen-bond acceptors (Lipinski definition) is 9. The quantitative estimate of drug-likeness (QED) is 0.390. The second-order valence-electron chi connectivity index (χ2n) is 11.8. The van der Waals surface area contributed by atoms with Crippen LogP contribution < -0.4 is 9.64 Å². The highest BCUT2D eigenvalue weighted by atomic mass is 32.2. The molecule has 4 heterocycles. The zero-order chi connectivity index (χ0) is 27.9.